The van der Waals surface area contributed by atoms with Gasteiger partial charge in [0.2, 0.25) is 0 Å². The molecule has 2 aliphatic heterocycles. The maximum atomic E-state index is 16.0. The summed E-state index contributed by atoms with van der Waals surface area (Å²) in [5.41, 5.74) is 3.56. The molecule has 0 amide bonds. The van der Waals surface area contributed by atoms with Crippen LogP contribution < -0.4 is 14.9 Å². The number of anilines is 2. The third-order valence-corrected chi connectivity index (χ3v) is 8.38. The SMILES string of the molecule is C=CC(F)(F)F.Fc1cc(-n2cc(-c3cc(Cl)cc(NSN4CCCC4)c3F)c(-c3ccncc3)n2)ccc1N1CCNCC1. The molecule has 2 aliphatic rings. The summed E-state index contributed by atoms with van der Waals surface area (Å²) in [5.74, 6) is -0.752. The largest absolute Gasteiger partial charge is 0.409 e. The Hall–Kier alpha value is -3.65. The number of hydrogen-bond donors (Lipinski definition) is 2. The van der Waals surface area contributed by atoms with Gasteiger partial charge in [0.1, 0.15) is 11.5 Å². The molecule has 238 valence electrons. The van der Waals surface area contributed by atoms with Crippen molar-refractivity contribution in [2.24, 2.45) is 0 Å². The second kappa shape index (κ2) is 14.6. The maximum absolute atomic E-state index is 16.0. The van der Waals surface area contributed by atoms with Crippen molar-refractivity contribution in [2.45, 2.75) is 19.0 Å². The van der Waals surface area contributed by atoms with Gasteiger partial charge >= 0.3 is 6.18 Å². The normalized spacial score (nSPS) is 15.5. The predicted octanol–water partition coefficient (Wildman–Crippen LogP) is 7.75. The van der Waals surface area contributed by atoms with Gasteiger partial charge in [-0.05, 0) is 49.2 Å². The summed E-state index contributed by atoms with van der Waals surface area (Å²) in [6, 6.07) is 11.9. The molecule has 2 saturated heterocycles. The zero-order valence-corrected chi connectivity index (χ0v) is 25.7. The average Bonchev–Trinajstić information content (AvgIpc) is 3.73. The average molecular weight is 664 g/mol. The van der Waals surface area contributed by atoms with E-state index >= 15 is 8.78 Å². The number of piperazine rings is 1. The molecule has 7 nitrogen and oxygen atoms in total. The lowest BCUT2D eigenvalue weighted by molar-refractivity contribution is -0.0795. The Morgan fingerprint density at radius 1 is 0.956 bits per heavy atom. The number of nitrogens with zero attached hydrogens (tertiary/aromatic N) is 5. The minimum Gasteiger partial charge on any atom is -0.367 e. The van der Waals surface area contributed by atoms with Crippen molar-refractivity contribution >= 4 is 35.1 Å². The van der Waals surface area contributed by atoms with Gasteiger partial charge in [0.25, 0.3) is 0 Å². The van der Waals surface area contributed by atoms with E-state index in [4.69, 9.17) is 16.7 Å². The van der Waals surface area contributed by atoms with Crippen molar-refractivity contribution < 1.29 is 22.0 Å². The van der Waals surface area contributed by atoms with E-state index in [-0.39, 0.29) is 11.9 Å². The second-order valence-electron chi connectivity index (χ2n) is 10.3. The van der Waals surface area contributed by atoms with Crippen LogP contribution in [-0.2, 0) is 0 Å². The molecular weight excluding hydrogens is 633 g/mol. The van der Waals surface area contributed by atoms with Crippen LogP contribution in [0.5, 0.6) is 0 Å². The smallest absolute Gasteiger partial charge is 0.367 e. The molecule has 14 heteroatoms. The van der Waals surface area contributed by atoms with Crippen LogP contribution in [0.2, 0.25) is 5.02 Å². The molecule has 0 spiro atoms. The van der Waals surface area contributed by atoms with E-state index < -0.39 is 12.0 Å². The van der Waals surface area contributed by atoms with Crippen molar-refractivity contribution in [3.8, 4) is 28.1 Å². The van der Waals surface area contributed by atoms with Crippen LogP contribution in [0.3, 0.4) is 0 Å². The minimum atomic E-state index is -4.19. The Morgan fingerprint density at radius 2 is 1.64 bits per heavy atom. The molecule has 0 bridgehead atoms. The van der Waals surface area contributed by atoms with Gasteiger partial charge in [-0.2, -0.15) is 18.3 Å². The zero-order valence-electron chi connectivity index (χ0n) is 24.1. The highest BCUT2D eigenvalue weighted by Crippen LogP contribution is 2.39. The van der Waals surface area contributed by atoms with Crippen LogP contribution in [0.15, 0.2) is 73.7 Å². The van der Waals surface area contributed by atoms with Crippen molar-refractivity contribution in [1.29, 1.82) is 0 Å². The van der Waals surface area contributed by atoms with Crippen LogP contribution in [0, 0.1) is 11.6 Å². The summed E-state index contributed by atoms with van der Waals surface area (Å²) in [6.07, 6.45) is 3.04. The van der Waals surface area contributed by atoms with Gasteiger partial charge in [0.05, 0.1) is 17.1 Å². The van der Waals surface area contributed by atoms with Crippen LogP contribution in [0.25, 0.3) is 28.1 Å². The first kappa shape index (κ1) is 32.7. The standard InChI is InChI=1S/C28H28ClF2N7S.C3H3F3/c29-20-15-22(27(31)25(16-20)35-39-37-11-1-2-12-37)23-18-38(34-28(23)19-5-7-32-8-6-19)21-3-4-26(24(30)17-21)36-13-9-33-10-14-36;1-2-3(4,5)6/h3-8,15-18,33,35H,1-2,9-14H2;2H,1H2. The molecule has 4 aromatic rings. The molecular formula is C31H31ClF5N7S. The predicted molar refractivity (Wildman–Crippen MR) is 171 cm³/mol. The van der Waals surface area contributed by atoms with Crippen molar-refractivity contribution in [1.82, 2.24) is 24.4 Å². The Labute approximate surface area is 267 Å². The summed E-state index contributed by atoms with van der Waals surface area (Å²) < 4.78 is 70.1. The van der Waals surface area contributed by atoms with E-state index in [0.717, 1.165) is 57.7 Å². The third-order valence-electron chi connectivity index (χ3n) is 7.23. The Kier molecular flexibility index (Phi) is 10.6. The van der Waals surface area contributed by atoms with Crippen molar-refractivity contribution in [2.75, 3.05) is 48.9 Å². The number of nitrogens with one attached hydrogen (secondary N) is 2. The summed E-state index contributed by atoms with van der Waals surface area (Å²) >= 11 is 7.86. The monoisotopic (exact) mass is 663 g/mol. The molecule has 2 fully saturated rings. The maximum Gasteiger partial charge on any atom is 0.409 e. The highest BCUT2D eigenvalue weighted by Gasteiger charge is 2.22. The Morgan fingerprint density at radius 3 is 2.29 bits per heavy atom. The number of allylic oxidation sites excluding steroid dienone is 1. The van der Waals surface area contributed by atoms with Crippen molar-refractivity contribution in [3.63, 3.8) is 0 Å². The molecule has 6 rings (SSSR count). The number of halogens is 6. The molecule has 2 aromatic carbocycles. The third kappa shape index (κ3) is 8.34. The van der Waals surface area contributed by atoms with E-state index in [1.165, 1.54) is 18.2 Å². The number of aromatic nitrogens is 3. The molecule has 0 radical (unpaired) electrons. The topological polar surface area (TPSA) is 61.3 Å². The molecule has 2 aromatic heterocycles. The zero-order chi connectivity index (χ0) is 32.0. The fourth-order valence-electron chi connectivity index (χ4n) is 4.98. The fraction of sp³-hybridized carbons (Fsp3) is 0.290. The molecule has 0 aliphatic carbocycles. The van der Waals surface area contributed by atoms with Gasteiger partial charge in [0.15, 0.2) is 5.82 Å². The quantitative estimate of drug-likeness (QED) is 0.119. The first-order valence-electron chi connectivity index (χ1n) is 14.3. The summed E-state index contributed by atoms with van der Waals surface area (Å²) in [5, 5.41) is 8.46. The highest BCUT2D eigenvalue weighted by molar-refractivity contribution is 7.98. The van der Waals surface area contributed by atoms with Gasteiger partial charge in [-0.15, -0.1) is 0 Å². The fourth-order valence-corrected chi connectivity index (χ4v) is 6.01. The highest BCUT2D eigenvalue weighted by atomic mass is 35.5. The van der Waals surface area contributed by atoms with Gasteiger partial charge in [0, 0.05) is 104 Å². The summed E-state index contributed by atoms with van der Waals surface area (Å²) in [4.78, 5) is 6.14. The summed E-state index contributed by atoms with van der Waals surface area (Å²) in [7, 11) is 0. The lowest BCUT2D eigenvalue weighted by Crippen LogP contribution is -2.43. The number of rotatable bonds is 7. The van der Waals surface area contributed by atoms with Gasteiger partial charge in [-0.1, -0.05) is 18.2 Å². The lowest BCUT2D eigenvalue weighted by Gasteiger charge is -2.29. The van der Waals surface area contributed by atoms with Gasteiger partial charge in [-0.25, -0.2) is 17.8 Å². The Balaban J connectivity index is 0.000000609. The summed E-state index contributed by atoms with van der Waals surface area (Å²) in [6.45, 7) is 7.54. The molecule has 0 saturated carbocycles. The first-order valence-corrected chi connectivity index (χ1v) is 15.4. The van der Waals surface area contributed by atoms with Crippen LogP contribution in [0.4, 0.5) is 33.3 Å². The van der Waals surface area contributed by atoms with Crippen LogP contribution >= 0.6 is 23.7 Å². The Bertz CT molecular complexity index is 1600. The number of alkyl halides is 3. The first-order chi connectivity index (χ1) is 21.6. The van der Waals surface area contributed by atoms with E-state index in [1.54, 1.807) is 41.5 Å². The molecule has 0 unspecified atom stereocenters. The van der Waals surface area contributed by atoms with Crippen molar-refractivity contribution in [3.05, 3.63) is 90.4 Å². The van der Waals surface area contributed by atoms with E-state index in [2.05, 4.69) is 25.9 Å². The van der Waals surface area contributed by atoms with Gasteiger partial charge in [-0.3, -0.25) is 4.98 Å². The number of benzene rings is 2. The van der Waals surface area contributed by atoms with E-state index in [0.29, 0.717) is 38.9 Å². The van der Waals surface area contributed by atoms with Crippen LogP contribution in [0.1, 0.15) is 12.8 Å². The van der Waals surface area contributed by atoms with Gasteiger partial charge < -0.3 is 14.9 Å². The molecule has 2 N–H and O–H groups in total. The number of hydrogen-bond acceptors (Lipinski definition) is 7. The number of pyridine rings is 1. The minimum absolute atomic E-state index is 0.0625. The van der Waals surface area contributed by atoms with Crippen LogP contribution in [-0.4, -0.2) is 64.5 Å². The molecule has 45 heavy (non-hydrogen) atoms. The van der Waals surface area contributed by atoms with E-state index in [1.807, 2.05) is 23.1 Å². The lowest BCUT2D eigenvalue weighted by atomic mass is 10.0. The molecule has 4 heterocycles. The second-order valence-corrected chi connectivity index (χ2v) is 11.7. The van der Waals surface area contributed by atoms with E-state index in [9.17, 15) is 13.2 Å². The molecule has 0 atom stereocenters.